The molecule has 5 heteroatoms. The van der Waals surface area contributed by atoms with E-state index in [0.29, 0.717) is 18.2 Å². The Morgan fingerprint density at radius 3 is 2.88 bits per heavy atom. The molecule has 1 unspecified atom stereocenters. The highest BCUT2D eigenvalue weighted by Gasteiger charge is 2.14. The molecule has 1 rings (SSSR count). The number of hydrogen-bond donors (Lipinski definition) is 2. The van der Waals surface area contributed by atoms with E-state index in [1.165, 1.54) is 6.26 Å². The van der Waals surface area contributed by atoms with Crippen LogP contribution in [-0.2, 0) is 6.54 Å². The predicted molar refractivity (Wildman–Crippen MR) is 60.5 cm³/mol. The molecule has 0 fully saturated rings. The van der Waals surface area contributed by atoms with E-state index in [-0.39, 0.29) is 5.76 Å². The van der Waals surface area contributed by atoms with Gasteiger partial charge in [-0.3, -0.25) is 0 Å². The number of nitrogens with zero attached hydrogens (tertiary/aromatic N) is 1. The van der Waals surface area contributed by atoms with Crippen LogP contribution in [0.2, 0.25) is 0 Å². The van der Waals surface area contributed by atoms with Gasteiger partial charge in [0.15, 0.2) is 0 Å². The summed E-state index contributed by atoms with van der Waals surface area (Å²) in [6.07, 6.45) is 1.40. The molecule has 16 heavy (non-hydrogen) atoms. The zero-order valence-electron chi connectivity index (χ0n) is 9.86. The molecular formula is C11H18N2O3. The average molecular weight is 226 g/mol. The van der Waals surface area contributed by atoms with Gasteiger partial charge in [-0.2, -0.15) is 0 Å². The molecule has 0 spiro atoms. The van der Waals surface area contributed by atoms with Crippen molar-refractivity contribution in [3.05, 3.63) is 23.7 Å². The molecule has 1 heterocycles. The molecule has 1 atom stereocenters. The second kappa shape index (κ2) is 5.67. The average Bonchev–Trinajstić information content (AvgIpc) is 2.61. The van der Waals surface area contributed by atoms with E-state index in [0.717, 1.165) is 6.54 Å². The Morgan fingerprint density at radius 2 is 2.31 bits per heavy atom. The van der Waals surface area contributed by atoms with Gasteiger partial charge in [-0.15, -0.1) is 0 Å². The molecule has 0 radical (unpaired) electrons. The quantitative estimate of drug-likeness (QED) is 0.758. The lowest BCUT2D eigenvalue weighted by Gasteiger charge is -2.17. The summed E-state index contributed by atoms with van der Waals surface area (Å²) in [4.78, 5) is 12.9. The topological polar surface area (TPSA) is 65.7 Å². The molecule has 0 aliphatic rings. The molecule has 0 amide bonds. The fourth-order valence-corrected chi connectivity index (χ4v) is 1.56. The first-order valence-electron chi connectivity index (χ1n) is 5.18. The number of rotatable bonds is 6. The molecule has 0 aliphatic carbocycles. The van der Waals surface area contributed by atoms with Crippen molar-refractivity contribution in [3.8, 4) is 0 Å². The van der Waals surface area contributed by atoms with E-state index < -0.39 is 5.97 Å². The maximum Gasteiger partial charge on any atom is 0.372 e. The Morgan fingerprint density at radius 1 is 1.62 bits per heavy atom. The van der Waals surface area contributed by atoms with E-state index in [2.05, 4.69) is 17.1 Å². The molecule has 0 aromatic carbocycles. The van der Waals surface area contributed by atoms with Gasteiger partial charge in [0.2, 0.25) is 5.76 Å². The van der Waals surface area contributed by atoms with E-state index in [4.69, 9.17) is 9.52 Å². The largest absolute Gasteiger partial charge is 0.475 e. The van der Waals surface area contributed by atoms with Gasteiger partial charge in [-0.25, -0.2) is 4.79 Å². The summed E-state index contributed by atoms with van der Waals surface area (Å²) >= 11 is 0. The Balaban J connectivity index is 2.48. The molecule has 0 bridgehead atoms. The second-order valence-corrected chi connectivity index (χ2v) is 4.12. The minimum Gasteiger partial charge on any atom is -0.475 e. The Hall–Kier alpha value is -1.33. The number of hydrogen-bond acceptors (Lipinski definition) is 4. The minimum atomic E-state index is -1.03. The highest BCUT2D eigenvalue weighted by atomic mass is 16.4. The van der Waals surface area contributed by atoms with Crippen molar-refractivity contribution < 1.29 is 14.3 Å². The van der Waals surface area contributed by atoms with Crippen molar-refractivity contribution in [2.45, 2.75) is 19.5 Å². The van der Waals surface area contributed by atoms with Crippen molar-refractivity contribution in [1.82, 2.24) is 10.2 Å². The number of carboxylic acids is 1. The Labute approximate surface area is 95.0 Å². The Kier molecular flexibility index (Phi) is 4.52. The number of nitrogens with one attached hydrogen (secondary N) is 1. The van der Waals surface area contributed by atoms with Gasteiger partial charge in [0.05, 0.1) is 6.26 Å². The summed E-state index contributed by atoms with van der Waals surface area (Å²) in [6, 6.07) is 1.98. The van der Waals surface area contributed by atoms with Gasteiger partial charge in [0.1, 0.15) is 0 Å². The van der Waals surface area contributed by atoms with Crippen LogP contribution in [0.1, 0.15) is 23.0 Å². The number of carboxylic acid groups (broad SMARTS) is 1. The first kappa shape index (κ1) is 12.7. The molecule has 0 saturated carbocycles. The molecule has 0 aliphatic heterocycles. The van der Waals surface area contributed by atoms with Crippen LogP contribution in [0.5, 0.6) is 0 Å². The number of aromatic carboxylic acids is 1. The van der Waals surface area contributed by atoms with Crippen molar-refractivity contribution in [1.29, 1.82) is 0 Å². The van der Waals surface area contributed by atoms with Crippen LogP contribution in [0, 0.1) is 0 Å². The lowest BCUT2D eigenvalue weighted by atomic mass is 10.2. The van der Waals surface area contributed by atoms with Crippen molar-refractivity contribution in [3.63, 3.8) is 0 Å². The zero-order chi connectivity index (χ0) is 12.1. The van der Waals surface area contributed by atoms with Crippen LogP contribution >= 0.6 is 0 Å². The highest BCUT2D eigenvalue weighted by Crippen LogP contribution is 2.10. The van der Waals surface area contributed by atoms with Gasteiger partial charge < -0.3 is 19.7 Å². The molecular weight excluding hydrogens is 208 g/mol. The van der Waals surface area contributed by atoms with Crippen LogP contribution in [0.15, 0.2) is 16.7 Å². The normalized spacial score (nSPS) is 13.0. The van der Waals surface area contributed by atoms with Crippen LogP contribution in [0.3, 0.4) is 0 Å². The van der Waals surface area contributed by atoms with Gasteiger partial charge in [0, 0.05) is 24.7 Å². The molecule has 1 aromatic heterocycles. The maximum atomic E-state index is 10.8. The molecule has 1 aromatic rings. The third kappa shape index (κ3) is 3.67. The van der Waals surface area contributed by atoms with Crippen molar-refractivity contribution in [2.24, 2.45) is 0 Å². The van der Waals surface area contributed by atoms with Gasteiger partial charge >= 0.3 is 5.97 Å². The summed E-state index contributed by atoms with van der Waals surface area (Å²) in [6.45, 7) is 3.47. The minimum absolute atomic E-state index is 0.0181. The third-order valence-corrected chi connectivity index (χ3v) is 2.22. The molecule has 5 nitrogen and oxygen atoms in total. The molecule has 90 valence electrons. The second-order valence-electron chi connectivity index (χ2n) is 4.12. The lowest BCUT2D eigenvalue weighted by molar-refractivity contribution is 0.0660. The third-order valence-electron chi connectivity index (χ3n) is 2.22. The maximum absolute atomic E-state index is 10.8. The van der Waals surface area contributed by atoms with Crippen LogP contribution in [0.4, 0.5) is 0 Å². The number of likely N-dealkylation sites (N-methyl/N-ethyl adjacent to an activating group) is 1. The van der Waals surface area contributed by atoms with Gasteiger partial charge in [0.25, 0.3) is 0 Å². The molecule has 0 saturated heterocycles. The van der Waals surface area contributed by atoms with Crippen LogP contribution in [-0.4, -0.2) is 42.7 Å². The summed E-state index contributed by atoms with van der Waals surface area (Å²) in [7, 11) is 4.00. The predicted octanol–water partition coefficient (Wildman–Crippen LogP) is 1.02. The standard InChI is InChI=1S/C11H18N2O3/c1-8(7-13(2)3)12-6-9-4-5-16-10(9)11(14)15/h4-5,8,12H,6-7H2,1-3H3,(H,14,15). The fourth-order valence-electron chi connectivity index (χ4n) is 1.56. The monoisotopic (exact) mass is 226 g/mol. The Bertz CT molecular complexity index is 347. The summed E-state index contributed by atoms with van der Waals surface area (Å²) in [5.74, 6) is -1.01. The summed E-state index contributed by atoms with van der Waals surface area (Å²) in [5.41, 5.74) is 0.679. The summed E-state index contributed by atoms with van der Waals surface area (Å²) in [5, 5.41) is 12.1. The van der Waals surface area contributed by atoms with E-state index in [1.807, 2.05) is 14.1 Å². The SMILES string of the molecule is CC(CN(C)C)NCc1ccoc1C(=O)O. The zero-order valence-corrected chi connectivity index (χ0v) is 9.86. The van der Waals surface area contributed by atoms with Gasteiger partial charge in [-0.05, 0) is 27.1 Å². The lowest BCUT2D eigenvalue weighted by Crippen LogP contribution is -2.35. The fraction of sp³-hybridized carbons (Fsp3) is 0.545. The van der Waals surface area contributed by atoms with Crippen LogP contribution < -0.4 is 5.32 Å². The highest BCUT2D eigenvalue weighted by molar-refractivity contribution is 5.86. The smallest absolute Gasteiger partial charge is 0.372 e. The first-order valence-corrected chi connectivity index (χ1v) is 5.18. The number of carbonyl (C=O) groups is 1. The van der Waals surface area contributed by atoms with E-state index in [9.17, 15) is 4.79 Å². The molecule has 2 N–H and O–H groups in total. The van der Waals surface area contributed by atoms with Gasteiger partial charge in [-0.1, -0.05) is 0 Å². The van der Waals surface area contributed by atoms with E-state index in [1.54, 1.807) is 6.07 Å². The van der Waals surface area contributed by atoms with E-state index >= 15 is 0 Å². The van der Waals surface area contributed by atoms with Crippen molar-refractivity contribution in [2.75, 3.05) is 20.6 Å². The van der Waals surface area contributed by atoms with Crippen LogP contribution in [0.25, 0.3) is 0 Å². The first-order chi connectivity index (χ1) is 7.50. The number of furan rings is 1. The van der Waals surface area contributed by atoms with Crippen molar-refractivity contribution >= 4 is 5.97 Å². The summed E-state index contributed by atoms with van der Waals surface area (Å²) < 4.78 is 4.89.